The SMILES string of the molecule is C[C@H](NC(=O)[C@H](CC(=O)O)NC(=O)[C@H](CCCN=C(N)N)NC(=O)CNC(=O)[C@@H](N)CCCCN)C(=O)N[C@@H](CCCCN)C(=O)O. The van der Waals surface area contributed by atoms with Gasteiger partial charge in [-0.1, -0.05) is 6.42 Å². The summed E-state index contributed by atoms with van der Waals surface area (Å²) < 4.78 is 0. The van der Waals surface area contributed by atoms with Crippen LogP contribution in [0.25, 0.3) is 0 Å². The van der Waals surface area contributed by atoms with E-state index in [9.17, 15) is 43.8 Å². The van der Waals surface area contributed by atoms with Gasteiger partial charge in [-0.2, -0.15) is 0 Å². The van der Waals surface area contributed by atoms with Gasteiger partial charge in [0, 0.05) is 6.54 Å². The van der Waals surface area contributed by atoms with Crippen molar-refractivity contribution in [2.75, 3.05) is 26.2 Å². The Labute approximate surface area is 272 Å². The molecule has 0 rings (SSSR count). The number of nitrogens with one attached hydrogen (secondary N) is 5. The minimum atomic E-state index is -1.70. The van der Waals surface area contributed by atoms with E-state index in [0.29, 0.717) is 45.2 Å². The molecule has 0 spiro atoms. The summed E-state index contributed by atoms with van der Waals surface area (Å²) in [4.78, 5) is 90.5. The molecule has 0 aliphatic carbocycles. The number of carboxylic acids is 2. The molecule has 17 N–H and O–H groups in total. The number of carbonyl (C=O) groups is 7. The second-order valence-corrected chi connectivity index (χ2v) is 10.8. The highest BCUT2D eigenvalue weighted by molar-refractivity contribution is 5.96. The van der Waals surface area contributed by atoms with E-state index in [1.165, 1.54) is 6.92 Å². The summed E-state index contributed by atoms with van der Waals surface area (Å²) in [6.45, 7) is 1.57. The Kier molecular flexibility index (Phi) is 21.4. The summed E-state index contributed by atoms with van der Waals surface area (Å²) in [6, 6.07) is -6.45. The van der Waals surface area contributed by atoms with Crippen molar-refractivity contribution in [2.24, 2.45) is 33.7 Å². The molecule has 47 heavy (non-hydrogen) atoms. The van der Waals surface area contributed by atoms with Crippen LogP contribution in [0.15, 0.2) is 4.99 Å². The highest BCUT2D eigenvalue weighted by Crippen LogP contribution is 2.04. The molecule has 0 aromatic carbocycles. The maximum absolute atomic E-state index is 13.2. The second kappa shape index (κ2) is 23.7. The zero-order valence-electron chi connectivity index (χ0n) is 26.7. The number of carboxylic acid groups (broad SMARTS) is 2. The Balaban J connectivity index is 5.56. The molecular weight excluding hydrogens is 622 g/mol. The largest absolute Gasteiger partial charge is 0.481 e. The highest BCUT2D eigenvalue weighted by Gasteiger charge is 2.31. The third-order valence-corrected chi connectivity index (χ3v) is 6.65. The minimum absolute atomic E-state index is 0.0537. The van der Waals surface area contributed by atoms with Crippen LogP contribution in [0.2, 0.25) is 0 Å². The van der Waals surface area contributed by atoms with Gasteiger partial charge in [0.25, 0.3) is 0 Å². The van der Waals surface area contributed by atoms with Gasteiger partial charge in [0.15, 0.2) is 5.96 Å². The van der Waals surface area contributed by atoms with E-state index in [-0.39, 0.29) is 31.8 Å². The van der Waals surface area contributed by atoms with Crippen LogP contribution in [0.1, 0.15) is 64.7 Å². The fraction of sp³-hybridized carbons (Fsp3) is 0.704. The smallest absolute Gasteiger partial charge is 0.326 e. The van der Waals surface area contributed by atoms with Crippen molar-refractivity contribution in [3.8, 4) is 0 Å². The molecule has 5 amide bonds. The number of nitrogens with two attached hydrogens (primary N) is 5. The third-order valence-electron chi connectivity index (χ3n) is 6.65. The predicted molar refractivity (Wildman–Crippen MR) is 170 cm³/mol. The number of rotatable bonds is 25. The normalized spacial score (nSPS) is 13.9. The van der Waals surface area contributed by atoms with Crippen molar-refractivity contribution in [3.05, 3.63) is 0 Å². The summed E-state index contributed by atoms with van der Waals surface area (Å²) in [5.74, 6) is -7.19. The molecule has 5 atom stereocenters. The molecule has 0 aromatic heterocycles. The average molecular weight is 674 g/mol. The zero-order valence-corrected chi connectivity index (χ0v) is 26.7. The lowest BCUT2D eigenvalue weighted by molar-refractivity contribution is -0.143. The first-order valence-corrected chi connectivity index (χ1v) is 15.3. The molecule has 0 heterocycles. The van der Waals surface area contributed by atoms with Crippen LogP contribution in [-0.2, 0) is 33.6 Å². The molecule has 0 aliphatic heterocycles. The number of aliphatic carboxylic acids is 2. The number of unbranched alkanes of at least 4 members (excludes halogenated alkanes) is 2. The van der Waals surface area contributed by atoms with Crippen LogP contribution in [0.5, 0.6) is 0 Å². The van der Waals surface area contributed by atoms with Crippen molar-refractivity contribution in [2.45, 2.75) is 94.9 Å². The first kappa shape index (κ1) is 42.4. The summed E-state index contributed by atoms with van der Waals surface area (Å²) in [6.07, 6.45) is 1.93. The second-order valence-electron chi connectivity index (χ2n) is 10.8. The molecule has 0 saturated carbocycles. The van der Waals surface area contributed by atoms with E-state index in [1.54, 1.807) is 0 Å². The van der Waals surface area contributed by atoms with E-state index >= 15 is 0 Å². The number of amides is 5. The number of guanidine groups is 1. The molecule has 0 aliphatic rings. The third kappa shape index (κ3) is 19.5. The number of nitrogens with zero attached hydrogens (tertiary/aromatic N) is 1. The zero-order chi connectivity index (χ0) is 35.9. The molecule has 0 saturated heterocycles. The monoisotopic (exact) mass is 673 g/mol. The number of carbonyl (C=O) groups excluding carboxylic acids is 5. The molecule has 0 fully saturated rings. The van der Waals surface area contributed by atoms with E-state index in [1.807, 2.05) is 0 Å². The van der Waals surface area contributed by atoms with Crippen molar-refractivity contribution in [1.29, 1.82) is 0 Å². The maximum Gasteiger partial charge on any atom is 0.326 e. The average Bonchev–Trinajstić information content (AvgIpc) is 2.99. The lowest BCUT2D eigenvalue weighted by atomic mass is 10.1. The molecule has 0 radical (unpaired) electrons. The topological polar surface area (TPSA) is 363 Å². The van der Waals surface area contributed by atoms with Crippen molar-refractivity contribution in [1.82, 2.24) is 26.6 Å². The molecule has 0 unspecified atom stereocenters. The first-order valence-electron chi connectivity index (χ1n) is 15.3. The summed E-state index contributed by atoms with van der Waals surface area (Å²) >= 11 is 0. The van der Waals surface area contributed by atoms with Crippen molar-refractivity contribution >= 4 is 47.4 Å². The van der Waals surface area contributed by atoms with Crippen molar-refractivity contribution < 1.29 is 43.8 Å². The van der Waals surface area contributed by atoms with Gasteiger partial charge in [-0.3, -0.25) is 33.8 Å². The van der Waals surface area contributed by atoms with Crippen LogP contribution in [0, 0.1) is 0 Å². The van der Waals surface area contributed by atoms with Gasteiger partial charge in [-0.15, -0.1) is 0 Å². The molecule has 0 aromatic rings. The minimum Gasteiger partial charge on any atom is -0.481 e. The highest BCUT2D eigenvalue weighted by atomic mass is 16.4. The van der Waals surface area contributed by atoms with Gasteiger partial charge in [0.2, 0.25) is 29.5 Å². The Morgan fingerprint density at radius 3 is 1.79 bits per heavy atom. The quantitative estimate of drug-likeness (QED) is 0.0246. The summed E-state index contributed by atoms with van der Waals surface area (Å²) in [5.41, 5.74) is 27.3. The Morgan fingerprint density at radius 2 is 1.23 bits per heavy atom. The molecular formula is C27H51N11O9. The number of hydrogen-bond donors (Lipinski definition) is 12. The summed E-state index contributed by atoms with van der Waals surface area (Å²) in [5, 5.41) is 30.4. The lowest BCUT2D eigenvalue weighted by Crippen LogP contribution is -2.58. The Hall–Kier alpha value is -4.56. The Morgan fingerprint density at radius 1 is 0.681 bits per heavy atom. The molecule has 268 valence electrons. The van der Waals surface area contributed by atoms with Crippen LogP contribution >= 0.6 is 0 Å². The van der Waals surface area contributed by atoms with Gasteiger partial charge in [-0.05, 0) is 65.0 Å². The Bertz CT molecular complexity index is 1090. The van der Waals surface area contributed by atoms with Crippen LogP contribution in [0.4, 0.5) is 0 Å². The van der Waals surface area contributed by atoms with Crippen molar-refractivity contribution in [3.63, 3.8) is 0 Å². The van der Waals surface area contributed by atoms with E-state index in [2.05, 4.69) is 31.6 Å². The lowest BCUT2D eigenvalue weighted by Gasteiger charge is -2.24. The number of hydrogen-bond acceptors (Lipinski definition) is 11. The molecule has 20 nitrogen and oxygen atoms in total. The number of aliphatic imine (C=N–C) groups is 1. The summed E-state index contributed by atoms with van der Waals surface area (Å²) in [7, 11) is 0. The van der Waals surface area contributed by atoms with E-state index < -0.39 is 84.6 Å². The van der Waals surface area contributed by atoms with Gasteiger partial charge < -0.3 is 65.5 Å². The van der Waals surface area contributed by atoms with Gasteiger partial charge in [-0.25, -0.2) is 4.79 Å². The fourth-order valence-electron chi connectivity index (χ4n) is 4.04. The van der Waals surface area contributed by atoms with Gasteiger partial charge >= 0.3 is 11.9 Å². The molecule has 0 bridgehead atoms. The van der Waals surface area contributed by atoms with Gasteiger partial charge in [0.05, 0.1) is 19.0 Å². The standard InChI is InChI=1S/C27H51N11O9/c1-15(22(42)37-18(26(46)47)8-3-5-11-29)35-25(45)19(13-21(40)41)38-24(44)17(9-6-12-33-27(31)32)36-20(39)14-34-23(43)16(30)7-2-4-10-28/h15-19H,2-14,28-30H2,1H3,(H,34,43)(H,35,45)(H,36,39)(H,37,42)(H,38,44)(H,40,41)(H,46,47)(H4,31,32,33)/t15-,16-,17-,18-,19-/m0/s1. The van der Waals surface area contributed by atoms with Gasteiger partial charge in [0.1, 0.15) is 24.2 Å². The molecule has 20 heteroatoms. The van der Waals surface area contributed by atoms with Crippen LogP contribution < -0.4 is 55.3 Å². The fourth-order valence-corrected chi connectivity index (χ4v) is 4.04. The van der Waals surface area contributed by atoms with E-state index in [0.717, 1.165) is 0 Å². The predicted octanol–water partition coefficient (Wildman–Crippen LogP) is -4.74. The maximum atomic E-state index is 13.2. The van der Waals surface area contributed by atoms with Crippen LogP contribution in [0.3, 0.4) is 0 Å². The van der Waals surface area contributed by atoms with Crippen LogP contribution in [-0.4, -0.2) is 114 Å². The first-order chi connectivity index (χ1) is 22.1. The van der Waals surface area contributed by atoms with E-state index in [4.69, 9.17) is 28.7 Å².